The van der Waals surface area contributed by atoms with Gasteiger partial charge in [0.15, 0.2) is 0 Å². The molecule has 0 saturated heterocycles. The summed E-state index contributed by atoms with van der Waals surface area (Å²) in [5, 5.41) is 12.0. The van der Waals surface area contributed by atoms with Gasteiger partial charge in [-0.3, -0.25) is 0 Å². The van der Waals surface area contributed by atoms with Crippen LogP contribution in [0.4, 0.5) is 4.79 Å². The van der Waals surface area contributed by atoms with Crippen molar-refractivity contribution >= 4 is 6.09 Å². The van der Waals surface area contributed by atoms with Gasteiger partial charge in [0, 0.05) is 6.61 Å². The predicted molar refractivity (Wildman–Crippen MR) is 85.4 cm³/mol. The van der Waals surface area contributed by atoms with Gasteiger partial charge in [0.25, 0.3) is 0 Å². The molecule has 1 atom stereocenters. The molecule has 0 aliphatic carbocycles. The summed E-state index contributed by atoms with van der Waals surface area (Å²) < 4.78 is 5.22. The molecule has 0 spiro atoms. The number of amides is 1. The second-order valence-corrected chi connectivity index (χ2v) is 5.18. The Kier molecular flexibility index (Phi) is 5.98. The molecule has 4 nitrogen and oxygen atoms in total. The molecular weight excluding hydrogens is 278 g/mol. The van der Waals surface area contributed by atoms with Crippen molar-refractivity contribution in [1.82, 2.24) is 5.32 Å². The maximum absolute atomic E-state index is 11.9. The van der Waals surface area contributed by atoms with Crippen LogP contribution in [0.3, 0.4) is 0 Å². The first-order valence-electron chi connectivity index (χ1n) is 7.33. The maximum Gasteiger partial charge on any atom is 0.407 e. The minimum atomic E-state index is -0.483. The molecule has 0 radical (unpaired) electrons. The first-order chi connectivity index (χ1) is 10.7. The van der Waals surface area contributed by atoms with Gasteiger partial charge in [-0.15, -0.1) is 0 Å². The van der Waals surface area contributed by atoms with Gasteiger partial charge in [-0.1, -0.05) is 60.2 Å². The summed E-state index contributed by atoms with van der Waals surface area (Å²) in [4.78, 5) is 11.9. The summed E-state index contributed by atoms with van der Waals surface area (Å²) in [6, 6.07) is 17.1. The number of rotatable bonds is 6. The van der Waals surface area contributed by atoms with Crippen molar-refractivity contribution in [2.75, 3.05) is 6.61 Å². The average molecular weight is 299 g/mol. The highest BCUT2D eigenvalue weighted by Gasteiger charge is 2.15. The van der Waals surface area contributed by atoms with Crippen molar-refractivity contribution in [1.29, 1.82) is 0 Å². The Balaban J connectivity index is 1.92. The quantitative estimate of drug-likeness (QED) is 0.860. The second kappa shape index (κ2) is 8.20. The van der Waals surface area contributed by atoms with Crippen LogP contribution in [0.15, 0.2) is 54.6 Å². The smallest absolute Gasteiger partial charge is 0.407 e. The lowest BCUT2D eigenvalue weighted by Gasteiger charge is -2.18. The van der Waals surface area contributed by atoms with Gasteiger partial charge in [0.1, 0.15) is 6.61 Å². The van der Waals surface area contributed by atoms with Crippen LogP contribution in [-0.2, 0) is 11.3 Å². The van der Waals surface area contributed by atoms with Gasteiger partial charge >= 0.3 is 6.09 Å². The SMILES string of the molecule is Cc1ccc(C(CCO)NC(=O)OCc2ccccc2)cc1. The van der Waals surface area contributed by atoms with E-state index in [9.17, 15) is 9.90 Å². The van der Waals surface area contributed by atoms with Gasteiger partial charge in [-0.25, -0.2) is 4.79 Å². The first kappa shape index (κ1) is 16.0. The number of hydrogen-bond donors (Lipinski definition) is 2. The largest absolute Gasteiger partial charge is 0.445 e. The highest BCUT2D eigenvalue weighted by molar-refractivity contribution is 5.68. The number of aryl methyl sites for hydroxylation is 1. The zero-order chi connectivity index (χ0) is 15.8. The molecule has 2 N–H and O–H groups in total. The number of alkyl carbamates (subject to hydrolysis) is 1. The number of carbonyl (C=O) groups is 1. The van der Waals surface area contributed by atoms with Gasteiger partial charge in [-0.05, 0) is 24.5 Å². The minimum Gasteiger partial charge on any atom is -0.445 e. The number of benzene rings is 2. The van der Waals surface area contributed by atoms with Crippen molar-refractivity contribution in [3.63, 3.8) is 0 Å². The van der Waals surface area contributed by atoms with Crippen LogP contribution in [0.1, 0.15) is 29.2 Å². The van der Waals surface area contributed by atoms with E-state index in [1.54, 1.807) is 0 Å². The van der Waals surface area contributed by atoms with E-state index in [4.69, 9.17) is 4.74 Å². The van der Waals surface area contributed by atoms with Crippen LogP contribution in [-0.4, -0.2) is 17.8 Å². The van der Waals surface area contributed by atoms with Crippen molar-refractivity contribution < 1.29 is 14.6 Å². The number of nitrogens with one attached hydrogen (secondary N) is 1. The van der Waals surface area contributed by atoms with Crippen LogP contribution in [0.25, 0.3) is 0 Å². The minimum absolute atomic E-state index is 0.00247. The predicted octanol–water partition coefficient (Wildman–Crippen LogP) is 3.34. The van der Waals surface area contributed by atoms with Gasteiger partial charge in [0.05, 0.1) is 6.04 Å². The molecule has 1 unspecified atom stereocenters. The molecule has 2 aromatic rings. The molecule has 22 heavy (non-hydrogen) atoms. The lowest BCUT2D eigenvalue weighted by Crippen LogP contribution is -2.29. The summed E-state index contributed by atoms with van der Waals surface area (Å²) in [5.41, 5.74) is 3.04. The van der Waals surface area contributed by atoms with E-state index in [0.29, 0.717) is 6.42 Å². The molecule has 0 aliphatic rings. The molecule has 4 heteroatoms. The molecule has 0 heterocycles. The molecule has 0 aromatic heterocycles. The lowest BCUT2D eigenvalue weighted by molar-refractivity contribution is 0.133. The van der Waals surface area contributed by atoms with Crippen LogP contribution < -0.4 is 5.32 Å². The maximum atomic E-state index is 11.9. The zero-order valence-electron chi connectivity index (χ0n) is 12.7. The molecular formula is C18H21NO3. The summed E-state index contributed by atoms with van der Waals surface area (Å²) in [6.07, 6.45) is -0.0355. The number of ether oxygens (including phenoxy) is 1. The van der Waals surface area contributed by atoms with Crippen molar-refractivity contribution in [2.45, 2.75) is 26.0 Å². The second-order valence-electron chi connectivity index (χ2n) is 5.18. The number of hydrogen-bond acceptors (Lipinski definition) is 3. The van der Waals surface area contributed by atoms with Crippen LogP contribution in [0.2, 0.25) is 0 Å². The number of aliphatic hydroxyl groups excluding tert-OH is 1. The van der Waals surface area contributed by atoms with E-state index in [1.165, 1.54) is 0 Å². The standard InChI is InChI=1S/C18H21NO3/c1-14-7-9-16(10-8-14)17(11-12-20)19-18(21)22-13-15-5-3-2-4-6-15/h2-10,17,20H,11-13H2,1H3,(H,19,21). The lowest BCUT2D eigenvalue weighted by atomic mass is 10.0. The third-order valence-corrected chi connectivity index (χ3v) is 3.40. The normalized spacial score (nSPS) is 11.7. The number of carbonyl (C=O) groups excluding carboxylic acids is 1. The molecule has 0 saturated carbocycles. The Morgan fingerprint density at radius 2 is 1.82 bits per heavy atom. The Hall–Kier alpha value is -2.33. The van der Waals surface area contributed by atoms with E-state index in [0.717, 1.165) is 16.7 Å². The monoisotopic (exact) mass is 299 g/mol. The Morgan fingerprint density at radius 1 is 1.14 bits per heavy atom. The fourth-order valence-electron chi connectivity index (χ4n) is 2.16. The van der Waals surface area contributed by atoms with Crippen LogP contribution >= 0.6 is 0 Å². The molecule has 1 amide bonds. The van der Waals surface area contributed by atoms with E-state index in [-0.39, 0.29) is 19.3 Å². The molecule has 2 aromatic carbocycles. The fraction of sp³-hybridized carbons (Fsp3) is 0.278. The van der Waals surface area contributed by atoms with Crippen LogP contribution in [0.5, 0.6) is 0 Å². The van der Waals surface area contributed by atoms with Crippen molar-refractivity contribution in [3.8, 4) is 0 Å². The molecule has 0 bridgehead atoms. The molecule has 116 valence electrons. The third kappa shape index (κ3) is 4.90. The third-order valence-electron chi connectivity index (χ3n) is 3.40. The van der Waals surface area contributed by atoms with Gasteiger partial charge in [0.2, 0.25) is 0 Å². The summed E-state index contributed by atoms with van der Waals surface area (Å²) in [6.45, 7) is 2.23. The highest BCUT2D eigenvalue weighted by atomic mass is 16.5. The molecule has 0 fully saturated rings. The van der Waals surface area contributed by atoms with E-state index in [1.807, 2.05) is 61.5 Å². The molecule has 2 rings (SSSR count). The van der Waals surface area contributed by atoms with Crippen molar-refractivity contribution in [3.05, 3.63) is 71.3 Å². The Bertz CT molecular complexity index is 581. The van der Waals surface area contributed by atoms with Gasteiger partial charge < -0.3 is 15.2 Å². The highest BCUT2D eigenvalue weighted by Crippen LogP contribution is 2.17. The van der Waals surface area contributed by atoms with E-state index in [2.05, 4.69) is 5.32 Å². The fourth-order valence-corrected chi connectivity index (χ4v) is 2.16. The first-order valence-corrected chi connectivity index (χ1v) is 7.33. The number of aliphatic hydroxyl groups is 1. The van der Waals surface area contributed by atoms with E-state index >= 15 is 0 Å². The summed E-state index contributed by atoms with van der Waals surface area (Å²) in [7, 11) is 0. The van der Waals surface area contributed by atoms with Crippen molar-refractivity contribution in [2.24, 2.45) is 0 Å². The summed E-state index contributed by atoms with van der Waals surface area (Å²) in [5.74, 6) is 0. The topological polar surface area (TPSA) is 58.6 Å². The Labute approximate surface area is 130 Å². The van der Waals surface area contributed by atoms with Gasteiger partial charge in [-0.2, -0.15) is 0 Å². The molecule has 0 aliphatic heterocycles. The zero-order valence-corrected chi connectivity index (χ0v) is 12.7. The summed E-state index contributed by atoms with van der Waals surface area (Å²) >= 11 is 0. The van der Waals surface area contributed by atoms with E-state index < -0.39 is 6.09 Å². The average Bonchev–Trinajstić information content (AvgIpc) is 2.54. The Morgan fingerprint density at radius 3 is 2.45 bits per heavy atom. The van der Waals surface area contributed by atoms with Crippen LogP contribution in [0, 0.1) is 6.92 Å².